The number of unbranched alkanes of at least 4 members (excludes halogenated alkanes) is 1. The Hall–Kier alpha value is -1.30. The highest BCUT2D eigenvalue weighted by Gasteiger charge is 1.95. The van der Waals surface area contributed by atoms with E-state index in [1.165, 1.54) is 36.0 Å². The van der Waals surface area contributed by atoms with E-state index in [1.54, 1.807) is 0 Å². The van der Waals surface area contributed by atoms with Crippen molar-refractivity contribution in [3.8, 4) is 0 Å². The molecule has 0 radical (unpaired) electrons. The van der Waals surface area contributed by atoms with E-state index in [-0.39, 0.29) is 0 Å². The van der Waals surface area contributed by atoms with Crippen LogP contribution >= 0.6 is 0 Å². The van der Waals surface area contributed by atoms with Gasteiger partial charge < -0.3 is 0 Å². The van der Waals surface area contributed by atoms with E-state index in [0.717, 1.165) is 0 Å². The Labute approximate surface area is 93.3 Å². The van der Waals surface area contributed by atoms with Crippen LogP contribution in [-0.4, -0.2) is 0 Å². The first-order valence-electron chi connectivity index (χ1n) is 5.66. The monoisotopic (exact) mass is 200 g/mol. The summed E-state index contributed by atoms with van der Waals surface area (Å²) < 4.78 is 0. The fraction of sp³-hybridized carbons (Fsp3) is 0.333. The fourth-order valence-electron chi connectivity index (χ4n) is 1.59. The molecule has 0 heterocycles. The van der Waals surface area contributed by atoms with Crippen LogP contribution < -0.4 is 0 Å². The topological polar surface area (TPSA) is 0 Å². The van der Waals surface area contributed by atoms with Gasteiger partial charge in [-0.15, -0.1) is 0 Å². The number of hydrogen-bond donors (Lipinski definition) is 0. The van der Waals surface area contributed by atoms with Crippen molar-refractivity contribution in [2.24, 2.45) is 0 Å². The summed E-state index contributed by atoms with van der Waals surface area (Å²) in [7, 11) is 0. The van der Waals surface area contributed by atoms with E-state index >= 15 is 0 Å². The molecule has 0 N–H and O–H groups in total. The lowest BCUT2D eigenvalue weighted by molar-refractivity contribution is 0.795. The Morgan fingerprint density at radius 3 is 2.47 bits per heavy atom. The van der Waals surface area contributed by atoms with Crippen LogP contribution in [0.4, 0.5) is 0 Å². The molecule has 0 aliphatic rings. The summed E-state index contributed by atoms with van der Waals surface area (Å²) in [6.45, 7) is 8.05. The second-order valence-corrected chi connectivity index (χ2v) is 3.89. The van der Waals surface area contributed by atoms with Crippen LogP contribution in [0.25, 0.3) is 5.57 Å². The third-order valence-electron chi connectivity index (χ3n) is 2.60. The molecule has 0 nitrogen and oxygen atoms in total. The van der Waals surface area contributed by atoms with Crippen molar-refractivity contribution >= 4 is 5.57 Å². The van der Waals surface area contributed by atoms with Gasteiger partial charge in [0.2, 0.25) is 0 Å². The van der Waals surface area contributed by atoms with E-state index in [9.17, 15) is 0 Å². The first kappa shape index (κ1) is 11.8. The molecule has 0 amide bonds. The first-order chi connectivity index (χ1) is 7.27. The Morgan fingerprint density at radius 1 is 1.27 bits per heavy atom. The molecule has 0 atom stereocenters. The lowest BCUT2D eigenvalue weighted by atomic mass is 10.0. The van der Waals surface area contributed by atoms with Gasteiger partial charge in [0.15, 0.2) is 0 Å². The summed E-state index contributed by atoms with van der Waals surface area (Å²) in [6.07, 6.45) is 7.61. The Morgan fingerprint density at radius 2 is 1.93 bits per heavy atom. The van der Waals surface area contributed by atoms with Crippen LogP contribution in [0.2, 0.25) is 0 Å². The number of allylic oxidation sites excluding steroid dienone is 3. The predicted molar refractivity (Wildman–Crippen MR) is 68.9 cm³/mol. The molecule has 0 spiro atoms. The van der Waals surface area contributed by atoms with Gasteiger partial charge in [-0.3, -0.25) is 0 Å². The molecular formula is C15H20. The lowest BCUT2D eigenvalue weighted by Gasteiger charge is -2.03. The second kappa shape index (κ2) is 6.23. The van der Waals surface area contributed by atoms with Crippen molar-refractivity contribution in [2.75, 3.05) is 0 Å². The lowest BCUT2D eigenvalue weighted by Crippen LogP contribution is -1.85. The Balaban J connectivity index is 2.71. The minimum Gasteiger partial charge on any atom is -0.0991 e. The Kier molecular flexibility index (Phi) is 4.89. The van der Waals surface area contributed by atoms with Gasteiger partial charge in [0, 0.05) is 0 Å². The highest BCUT2D eigenvalue weighted by Crippen LogP contribution is 2.15. The molecule has 15 heavy (non-hydrogen) atoms. The zero-order valence-electron chi connectivity index (χ0n) is 9.79. The zero-order chi connectivity index (χ0) is 11.1. The van der Waals surface area contributed by atoms with E-state index < -0.39 is 0 Å². The molecule has 1 aromatic carbocycles. The molecule has 1 aromatic rings. The van der Waals surface area contributed by atoms with E-state index in [0.29, 0.717) is 0 Å². The molecule has 0 aliphatic heterocycles. The van der Waals surface area contributed by atoms with E-state index in [2.05, 4.69) is 44.7 Å². The van der Waals surface area contributed by atoms with Gasteiger partial charge in [-0.25, -0.2) is 0 Å². The normalized spacial score (nSPS) is 11.5. The minimum atomic E-state index is 1.20. The molecule has 80 valence electrons. The molecule has 0 unspecified atom stereocenters. The van der Waals surface area contributed by atoms with Crippen molar-refractivity contribution in [2.45, 2.75) is 33.1 Å². The molecule has 0 aromatic heterocycles. The average Bonchev–Trinajstić information content (AvgIpc) is 2.27. The van der Waals surface area contributed by atoms with Crippen LogP contribution in [0.5, 0.6) is 0 Å². The van der Waals surface area contributed by atoms with Crippen LogP contribution in [0.1, 0.15) is 37.8 Å². The van der Waals surface area contributed by atoms with Crippen molar-refractivity contribution in [3.05, 3.63) is 54.1 Å². The minimum absolute atomic E-state index is 1.20. The average molecular weight is 200 g/mol. The summed E-state index contributed by atoms with van der Waals surface area (Å²) in [6, 6.07) is 8.84. The predicted octanol–water partition coefficient (Wildman–Crippen LogP) is 4.62. The van der Waals surface area contributed by atoms with Gasteiger partial charge in [-0.2, -0.15) is 0 Å². The maximum atomic E-state index is 3.71. The quantitative estimate of drug-likeness (QED) is 0.608. The number of hydrogen-bond acceptors (Lipinski definition) is 0. The van der Waals surface area contributed by atoms with Gasteiger partial charge in [-0.1, -0.05) is 56.3 Å². The molecule has 0 bridgehead atoms. The number of rotatable bonds is 5. The van der Waals surface area contributed by atoms with Crippen LogP contribution in [0.15, 0.2) is 43.0 Å². The van der Waals surface area contributed by atoms with Crippen LogP contribution in [0.3, 0.4) is 0 Å². The third kappa shape index (κ3) is 3.75. The second-order valence-electron chi connectivity index (χ2n) is 3.89. The fourth-order valence-corrected chi connectivity index (χ4v) is 1.59. The molecular weight excluding hydrogens is 180 g/mol. The SMILES string of the molecule is C=CC=C(C)c1ccc(CCCC)cc1. The van der Waals surface area contributed by atoms with Gasteiger partial charge in [0.05, 0.1) is 0 Å². The van der Waals surface area contributed by atoms with Gasteiger partial charge in [0.1, 0.15) is 0 Å². The number of aryl methyl sites for hydroxylation is 1. The van der Waals surface area contributed by atoms with Crippen LogP contribution in [-0.2, 0) is 6.42 Å². The molecule has 0 saturated carbocycles. The zero-order valence-corrected chi connectivity index (χ0v) is 9.79. The largest absolute Gasteiger partial charge is 0.0991 e. The standard InChI is InChI=1S/C15H20/c1-4-6-8-14-9-11-15(12-10-14)13(3)7-5-2/h5,7,9-12H,2,4,6,8H2,1,3H3. The molecule has 0 fully saturated rings. The van der Waals surface area contributed by atoms with Crippen LogP contribution in [0, 0.1) is 0 Å². The Bertz CT molecular complexity index is 328. The van der Waals surface area contributed by atoms with Gasteiger partial charge >= 0.3 is 0 Å². The highest BCUT2D eigenvalue weighted by atomic mass is 14.0. The molecule has 0 aliphatic carbocycles. The summed E-state index contributed by atoms with van der Waals surface area (Å²) in [5.41, 5.74) is 3.99. The third-order valence-corrected chi connectivity index (χ3v) is 2.60. The summed E-state index contributed by atoms with van der Waals surface area (Å²) in [5.74, 6) is 0. The van der Waals surface area contributed by atoms with Crippen molar-refractivity contribution in [1.82, 2.24) is 0 Å². The molecule has 0 heteroatoms. The first-order valence-corrected chi connectivity index (χ1v) is 5.66. The van der Waals surface area contributed by atoms with Crippen molar-refractivity contribution in [3.63, 3.8) is 0 Å². The summed E-state index contributed by atoms with van der Waals surface area (Å²) in [4.78, 5) is 0. The summed E-state index contributed by atoms with van der Waals surface area (Å²) >= 11 is 0. The number of benzene rings is 1. The van der Waals surface area contributed by atoms with Gasteiger partial charge in [0.25, 0.3) is 0 Å². The van der Waals surface area contributed by atoms with E-state index in [1.807, 2.05) is 12.2 Å². The van der Waals surface area contributed by atoms with E-state index in [4.69, 9.17) is 0 Å². The van der Waals surface area contributed by atoms with Crippen molar-refractivity contribution < 1.29 is 0 Å². The molecule has 0 saturated heterocycles. The van der Waals surface area contributed by atoms with Crippen molar-refractivity contribution in [1.29, 1.82) is 0 Å². The highest BCUT2D eigenvalue weighted by molar-refractivity contribution is 5.65. The molecule has 1 rings (SSSR count). The van der Waals surface area contributed by atoms with Gasteiger partial charge in [-0.05, 0) is 36.5 Å². The maximum Gasteiger partial charge on any atom is -0.0227 e. The summed E-state index contributed by atoms with van der Waals surface area (Å²) in [5, 5.41) is 0. The smallest absolute Gasteiger partial charge is 0.0227 e. The maximum absolute atomic E-state index is 3.71.